The molecule has 1 saturated carbocycles. The van der Waals surface area contributed by atoms with Gasteiger partial charge < -0.3 is 9.47 Å². The monoisotopic (exact) mass is 262 g/mol. The highest BCUT2D eigenvalue weighted by Crippen LogP contribution is 2.36. The van der Waals surface area contributed by atoms with Crippen molar-refractivity contribution in [1.29, 1.82) is 0 Å². The minimum absolute atomic E-state index is 0.0256. The number of fused-ring (bicyclic) bond motifs is 1. The molecule has 0 radical (unpaired) electrons. The van der Waals surface area contributed by atoms with Crippen molar-refractivity contribution in [3.8, 4) is 0 Å². The fourth-order valence-corrected chi connectivity index (χ4v) is 2.69. The van der Waals surface area contributed by atoms with E-state index in [4.69, 9.17) is 9.47 Å². The van der Waals surface area contributed by atoms with Crippen molar-refractivity contribution in [1.82, 2.24) is 0 Å². The molecule has 0 aromatic carbocycles. The van der Waals surface area contributed by atoms with E-state index in [0.29, 0.717) is 12.2 Å². The Hall–Kier alpha value is -0.0900. The molecule has 0 aromatic rings. The molecular formula is C10H15BrO3. The summed E-state index contributed by atoms with van der Waals surface area (Å²) in [5.74, 6) is -0.187. The Morgan fingerprint density at radius 3 is 2.57 bits per heavy atom. The number of hydrogen-bond donors (Lipinski definition) is 0. The standard InChI is InChI=1S/C10H15BrO3/c1-6(12)13-8-4-5-10-9(14-10)3-2-7(8)11/h7-10H,2-5H2,1H3/t7-,8-,9-,10+/m1/s1. The van der Waals surface area contributed by atoms with Gasteiger partial charge in [-0.3, -0.25) is 4.79 Å². The van der Waals surface area contributed by atoms with Crippen LogP contribution >= 0.6 is 15.9 Å². The summed E-state index contributed by atoms with van der Waals surface area (Å²) in [4.78, 5) is 11.2. The molecule has 14 heavy (non-hydrogen) atoms. The summed E-state index contributed by atoms with van der Waals surface area (Å²) in [6, 6.07) is 0. The largest absolute Gasteiger partial charge is 0.461 e. The van der Waals surface area contributed by atoms with E-state index in [-0.39, 0.29) is 16.9 Å². The van der Waals surface area contributed by atoms with Gasteiger partial charge in [-0.05, 0) is 25.7 Å². The third-order valence-electron chi connectivity index (χ3n) is 2.87. The van der Waals surface area contributed by atoms with Crippen LogP contribution in [0.5, 0.6) is 0 Å². The molecular weight excluding hydrogens is 248 g/mol. The van der Waals surface area contributed by atoms with Gasteiger partial charge in [-0.1, -0.05) is 15.9 Å². The summed E-state index contributed by atoms with van der Waals surface area (Å²) in [5, 5.41) is 0. The van der Waals surface area contributed by atoms with Crippen molar-refractivity contribution in [2.45, 2.75) is 55.7 Å². The predicted molar refractivity (Wildman–Crippen MR) is 55.4 cm³/mol. The molecule has 1 heterocycles. The van der Waals surface area contributed by atoms with Gasteiger partial charge in [0.2, 0.25) is 0 Å². The highest BCUT2D eigenvalue weighted by molar-refractivity contribution is 9.09. The van der Waals surface area contributed by atoms with E-state index in [1.807, 2.05) is 0 Å². The summed E-state index contributed by atoms with van der Waals surface area (Å²) < 4.78 is 10.7. The van der Waals surface area contributed by atoms with Crippen LogP contribution in [-0.2, 0) is 14.3 Å². The number of carbonyl (C=O) groups excluding carboxylic acids is 1. The van der Waals surface area contributed by atoms with Gasteiger partial charge >= 0.3 is 5.97 Å². The van der Waals surface area contributed by atoms with Gasteiger partial charge in [-0.15, -0.1) is 0 Å². The molecule has 0 unspecified atom stereocenters. The fraction of sp³-hybridized carbons (Fsp3) is 0.900. The lowest BCUT2D eigenvalue weighted by Crippen LogP contribution is -2.28. The van der Waals surface area contributed by atoms with Crippen LogP contribution in [0.25, 0.3) is 0 Å². The molecule has 0 N–H and O–H groups in total. The van der Waals surface area contributed by atoms with Gasteiger partial charge in [0, 0.05) is 6.92 Å². The van der Waals surface area contributed by atoms with E-state index >= 15 is 0 Å². The van der Waals surface area contributed by atoms with Crippen molar-refractivity contribution in [3.63, 3.8) is 0 Å². The van der Waals surface area contributed by atoms with Gasteiger partial charge in [0.15, 0.2) is 0 Å². The van der Waals surface area contributed by atoms with Crippen LogP contribution in [0, 0.1) is 0 Å². The highest BCUT2D eigenvalue weighted by Gasteiger charge is 2.41. The third kappa shape index (κ3) is 2.48. The average molecular weight is 263 g/mol. The van der Waals surface area contributed by atoms with Crippen LogP contribution < -0.4 is 0 Å². The number of carbonyl (C=O) groups is 1. The van der Waals surface area contributed by atoms with E-state index in [0.717, 1.165) is 25.7 Å². The lowest BCUT2D eigenvalue weighted by atomic mass is 9.98. The second-order valence-corrected chi connectivity index (χ2v) is 5.21. The Balaban J connectivity index is 1.89. The zero-order valence-corrected chi connectivity index (χ0v) is 9.83. The molecule has 80 valence electrons. The second kappa shape index (κ2) is 4.19. The zero-order chi connectivity index (χ0) is 10.1. The Labute approximate surface area is 92.3 Å². The Morgan fingerprint density at radius 1 is 1.29 bits per heavy atom. The molecule has 1 aliphatic heterocycles. The summed E-state index contributed by atoms with van der Waals surface area (Å²) in [5.41, 5.74) is 0. The van der Waals surface area contributed by atoms with E-state index in [1.54, 1.807) is 0 Å². The molecule has 2 fully saturated rings. The molecule has 3 nitrogen and oxygen atoms in total. The molecule has 2 aliphatic rings. The minimum Gasteiger partial charge on any atom is -0.461 e. The van der Waals surface area contributed by atoms with Gasteiger partial charge in [-0.2, -0.15) is 0 Å². The molecule has 1 saturated heterocycles. The van der Waals surface area contributed by atoms with Crippen molar-refractivity contribution >= 4 is 21.9 Å². The summed E-state index contributed by atoms with van der Waals surface area (Å²) in [7, 11) is 0. The van der Waals surface area contributed by atoms with Crippen molar-refractivity contribution in [2.24, 2.45) is 0 Å². The number of alkyl halides is 1. The van der Waals surface area contributed by atoms with E-state index in [9.17, 15) is 4.79 Å². The molecule has 0 spiro atoms. The van der Waals surface area contributed by atoms with E-state index in [1.165, 1.54) is 6.92 Å². The first-order chi connectivity index (χ1) is 6.66. The Bertz CT molecular complexity index is 231. The van der Waals surface area contributed by atoms with Crippen LogP contribution in [0.3, 0.4) is 0 Å². The summed E-state index contributed by atoms with van der Waals surface area (Å²) in [6.07, 6.45) is 4.98. The number of ether oxygens (including phenoxy) is 2. The lowest BCUT2D eigenvalue weighted by molar-refractivity contribution is -0.146. The summed E-state index contributed by atoms with van der Waals surface area (Å²) in [6.45, 7) is 1.47. The minimum atomic E-state index is -0.187. The van der Waals surface area contributed by atoms with Crippen LogP contribution in [0.1, 0.15) is 32.6 Å². The molecule has 2 rings (SSSR count). The van der Waals surface area contributed by atoms with E-state index < -0.39 is 0 Å². The van der Waals surface area contributed by atoms with Crippen LogP contribution in [0.15, 0.2) is 0 Å². The maximum absolute atomic E-state index is 10.9. The average Bonchev–Trinajstić information content (AvgIpc) is 2.84. The first kappa shape index (κ1) is 10.4. The second-order valence-electron chi connectivity index (χ2n) is 4.03. The quantitative estimate of drug-likeness (QED) is 0.413. The number of epoxide rings is 1. The lowest BCUT2D eigenvalue weighted by Gasteiger charge is -2.23. The van der Waals surface area contributed by atoms with Crippen LogP contribution in [0.4, 0.5) is 0 Å². The first-order valence-corrected chi connectivity index (χ1v) is 6.05. The smallest absolute Gasteiger partial charge is 0.302 e. The highest BCUT2D eigenvalue weighted by atomic mass is 79.9. The van der Waals surface area contributed by atoms with E-state index in [2.05, 4.69) is 15.9 Å². The topological polar surface area (TPSA) is 38.8 Å². The zero-order valence-electron chi connectivity index (χ0n) is 8.24. The summed E-state index contributed by atoms with van der Waals surface area (Å²) >= 11 is 3.58. The third-order valence-corrected chi connectivity index (χ3v) is 3.92. The normalized spacial score (nSPS) is 41.9. The van der Waals surface area contributed by atoms with Gasteiger partial charge in [0.05, 0.1) is 17.0 Å². The van der Waals surface area contributed by atoms with Crippen molar-refractivity contribution < 1.29 is 14.3 Å². The van der Waals surface area contributed by atoms with Gasteiger partial charge in [-0.25, -0.2) is 0 Å². The molecule has 0 aromatic heterocycles. The molecule has 4 heteroatoms. The van der Waals surface area contributed by atoms with Gasteiger partial charge in [0.25, 0.3) is 0 Å². The SMILES string of the molecule is CC(=O)O[C@@H]1CC[C@@H]2O[C@@H]2CC[C@H]1Br. The van der Waals surface area contributed by atoms with Crippen LogP contribution in [0.2, 0.25) is 0 Å². The molecule has 0 bridgehead atoms. The molecule has 1 aliphatic carbocycles. The number of esters is 1. The van der Waals surface area contributed by atoms with Crippen LogP contribution in [-0.4, -0.2) is 29.1 Å². The number of hydrogen-bond acceptors (Lipinski definition) is 3. The molecule has 0 amide bonds. The van der Waals surface area contributed by atoms with Crippen molar-refractivity contribution in [3.05, 3.63) is 0 Å². The number of halogens is 1. The first-order valence-electron chi connectivity index (χ1n) is 5.13. The van der Waals surface area contributed by atoms with Gasteiger partial charge in [0.1, 0.15) is 6.10 Å². The Morgan fingerprint density at radius 2 is 1.93 bits per heavy atom. The maximum Gasteiger partial charge on any atom is 0.302 e. The maximum atomic E-state index is 10.9. The fourth-order valence-electron chi connectivity index (χ4n) is 2.05. The Kier molecular flexibility index (Phi) is 3.12. The molecule has 4 atom stereocenters. The number of rotatable bonds is 1. The van der Waals surface area contributed by atoms with Crippen molar-refractivity contribution in [2.75, 3.05) is 0 Å². The predicted octanol–water partition coefficient (Wildman–Crippen LogP) is 2.02.